The van der Waals surface area contributed by atoms with E-state index in [1.165, 1.54) is 23.7 Å². The van der Waals surface area contributed by atoms with Crippen LogP contribution in [0.25, 0.3) is 11.4 Å². The summed E-state index contributed by atoms with van der Waals surface area (Å²) in [6.45, 7) is 6.22. The van der Waals surface area contributed by atoms with Crippen molar-refractivity contribution < 1.29 is 9.53 Å². The molecule has 0 atom stereocenters. The van der Waals surface area contributed by atoms with Gasteiger partial charge in [0.05, 0.1) is 12.9 Å². The molecule has 5 nitrogen and oxygen atoms in total. The molecule has 0 amide bonds. The molecule has 0 aliphatic heterocycles. The van der Waals surface area contributed by atoms with E-state index in [1.807, 2.05) is 0 Å². The smallest absolute Gasteiger partial charge is 0.316 e. The molecule has 0 spiro atoms. The molecule has 0 aliphatic carbocycles. The third kappa shape index (κ3) is 3.21. The maximum Gasteiger partial charge on any atom is 0.316 e. The van der Waals surface area contributed by atoms with E-state index >= 15 is 0 Å². The molecule has 0 N–H and O–H groups in total. The van der Waals surface area contributed by atoms with E-state index in [2.05, 4.69) is 51.7 Å². The summed E-state index contributed by atoms with van der Waals surface area (Å²) in [5.41, 5.74) is 1.07. The van der Waals surface area contributed by atoms with Crippen molar-refractivity contribution in [1.29, 1.82) is 0 Å². The van der Waals surface area contributed by atoms with E-state index in [4.69, 9.17) is 0 Å². The zero-order valence-corrected chi connectivity index (χ0v) is 13.5. The molecule has 2 rings (SSSR count). The number of ether oxygens (including phenoxy) is 1. The van der Waals surface area contributed by atoms with Crippen LogP contribution in [0, 0.1) is 6.92 Å². The number of hydrogen-bond acceptors (Lipinski definition) is 6. The first-order valence-corrected chi connectivity index (χ1v) is 8.09. The molecule has 2 heterocycles. The number of esters is 1. The average molecular weight is 311 g/mol. The van der Waals surface area contributed by atoms with Crippen molar-refractivity contribution in [1.82, 2.24) is 14.8 Å². The van der Waals surface area contributed by atoms with Crippen LogP contribution in [0.2, 0.25) is 0 Å². The van der Waals surface area contributed by atoms with Crippen LogP contribution in [0.4, 0.5) is 0 Å². The Morgan fingerprint density at radius 2 is 2.25 bits per heavy atom. The lowest BCUT2D eigenvalue weighted by atomic mass is 10.3. The second kappa shape index (κ2) is 6.41. The van der Waals surface area contributed by atoms with Gasteiger partial charge in [-0.15, -0.1) is 21.5 Å². The highest BCUT2D eigenvalue weighted by Gasteiger charge is 2.18. The standard InChI is InChI=1S/C13H17N3O2S2/c1-8(2)16-12(10-5-9(3)19-6-10)14-15-13(16)20-7-11(17)18-4/h5-6,8H,7H2,1-4H3. The molecule has 7 heteroatoms. The summed E-state index contributed by atoms with van der Waals surface area (Å²) < 4.78 is 6.70. The van der Waals surface area contributed by atoms with Crippen LogP contribution in [0.3, 0.4) is 0 Å². The molecule has 2 aromatic heterocycles. The SMILES string of the molecule is COC(=O)CSc1nnc(-c2csc(C)c2)n1C(C)C. The molecule has 0 bridgehead atoms. The fourth-order valence-corrected chi connectivity index (χ4v) is 3.36. The lowest BCUT2D eigenvalue weighted by Gasteiger charge is -2.12. The summed E-state index contributed by atoms with van der Waals surface area (Å²) in [6, 6.07) is 2.32. The summed E-state index contributed by atoms with van der Waals surface area (Å²) in [4.78, 5) is 12.5. The summed E-state index contributed by atoms with van der Waals surface area (Å²) in [5, 5.41) is 11.3. The van der Waals surface area contributed by atoms with Crippen molar-refractivity contribution in [2.75, 3.05) is 12.9 Å². The van der Waals surface area contributed by atoms with Gasteiger partial charge in [0, 0.05) is 21.9 Å². The molecular weight excluding hydrogens is 294 g/mol. The number of nitrogens with zero attached hydrogens (tertiary/aromatic N) is 3. The number of hydrogen-bond donors (Lipinski definition) is 0. The second-order valence-corrected chi connectivity index (χ2v) is 6.64. The van der Waals surface area contributed by atoms with Crippen molar-refractivity contribution in [3.8, 4) is 11.4 Å². The minimum Gasteiger partial charge on any atom is -0.468 e. The highest BCUT2D eigenvalue weighted by molar-refractivity contribution is 7.99. The predicted molar refractivity (Wildman–Crippen MR) is 81.2 cm³/mol. The maximum atomic E-state index is 11.2. The molecule has 0 fully saturated rings. The minimum atomic E-state index is -0.263. The predicted octanol–water partition coefficient (Wildman–Crippen LogP) is 3.16. The number of aromatic nitrogens is 3. The van der Waals surface area contributed by atoms with Gasteiger partial charge >= 0.3 is 5.97 Å². The fourth-order valence-electron chi connectivity index (χ4n) is 1.78. The number of methoxy groups -OCH3 is 1. The van der Waals surface area contributed by atoms with E-state index in [0.717, 1.165) is 16.5 Å². The fraction of sp³-hybridized carbons (Fsp3) is 0.462. The highest BCUT2D eigenvalue weighted by atomic mass is 32.2. The Labute approximate surface area is 126 Å². The van der Waals surface area contributed by atoms with E-state index in [0.29, 0.717) is 0 Å². The first-order valence-electron chi connectivity index (χ1n) is 6.23. The second-order valence-electron chi connectivity index (χ2n) is 4.58. The number of aryl methyl sites for hydroxylation is 1. The van der Waals surface area contributed by atoms with Gasteiger partial charge in [0.1, 0.15) is 0 Å². The largest absolute Gasteiger partial charge is 0.468 e. The van der Waals surface area contributed by atoms with Gasteiger partial charge in [-0.3, -0.25) is 9.36 Å². The Bertz CT molecular complexity index is 605. The molecular formula is C13H17N3O2S2. The Kier molecular flexibility index (Phi) is 4.82. The molecule has 0 aromatic carbocycles. The quantitative estimate of drug-likeness (QED) is 0.627. The van der Waals surface area contributed by atoms with Crippen LogP contribution in [0.1, 0.15) is 24.8 Å². The van der Waals surface area contributed by atoms with Gasteiger partial charge in [-0.2, -0.15) is 0 Å². The van der Waals surface area contributed by atoms with E-state index in [-0.39, 0.29) is 17.8 Å². The van der Waals surface area contributed by atoms with Gasteiger partial charge in [0.15, 0.2) is 11.0 Å². The van der Waals surface area contributed by atoms with Crippen LogP contribution >= 0.6 is 23.1 Å². The molecule has 0 unspecified atom stereocenters. The zero-order valence-electron chi connectivity index (χ0n) is 11.9. The van der Waals surface area contributed by atoms with Crippen LogP contribution in [-0.4, -0.2) is 33.6 Å². The van der Waals surface area contributed by atoms with E-state index < -0.39 is 0 Å². The monoisotopic (exact) mass is 311 g/mol. The molecule has 108 valence electrons. The number of carbonyl (C=O) groups excluding carboxylic acids is 1. The van der Waals surface area contributed by atoms with Gasteiger partial charge < -0.3 is 4.74 Å². The topological polar surface area (TPSA) is 57.0 Å². The molecule has 2 aromatic rings. The van der Waals surface area contributed by atoms with Crippen LogP contribution in [0.5, 0.6) is 0 Å². The lowest BCUT2D eigenvalue weighted by Crippen LogP contribution is -2.08. The van der Waals surface area contributed by atoms with Crippen LogP contribution in [-0.2, 0) is 9.53 Å². The first kappa shape index (κ1) is 15.1. The van der Waals surface area contributed by atoms with Gasteiger partial charge in [0.2, 0.25) is 0 Å². The number of thiophene rings is 1. The number of carbonyl (C=O) groups is 1. The van der Waals surface area contributed by atoms with E-state index in [1.54, 1.807) is 11.3 Å². The van der Waals surface area contributed by atoms with E-state index in [9.17, 15) is 4.79 Å². The third-order valence-corrected chi connectivity index (χ3v) is 4.49. The van der Waals surface area contributed by atoms with Crippen molar-refractivity contribution >= 4 is 29.1 Å². The highest BCUT2D eigenvalue weighted by Crippen LogP contribution is 2.30. The van der Waals surface area contributed by atoms with Crippen molar-refractivity contribution in [3.05, 3.63) is 16.3 Å². The summed E-state index contributed by atoms with van der Waals surface area (Å²) >= 11 is 3.04. The zero-order chi connectivity index (χ0) is 14.7. The molecule has 0 radical (unpaired) electrons. The van der Waals surface area contributed by atoms with Gasteiger partial charge in [-0.05, 0) is 26.8 Å². The Morgan fingerprint density at radius 1 is 1.50 bits per heavy atom. The summed E-state index contributed by atoms with van der Waals surface area (Å²) in [6.07, 6.45) is 0. The Hall–Kier alpha value is -1.34. The number of rotatable bonds is 5. The van der Waals surface area contributed by atoms with Gasteiger partial charge in [-0.25, -0.2) is 0 Å². The van der Waals surface area contributed by atoms with Crippen LogP contribution < -0.4 is 0 Å². The Balaban J connectivity index is 2.30. The van der Waals surface area contributed by atoms with Crippen molar-refractivity contribution in [2.45, 2.75) is 32.0 Å². The number of thioether (sulfide) groups is 1. The lowest BCUT2D eigenvalue weighted by molar-refractivity contribution is -0.137. The average Bonchev–Trinajstić information content (AvgIpc) is 3.01. The molecule has 20 heavy (non-hydrogen) atoms. The van der Waals surface area contributed by atoms with Gasteiger partial charge in [0.25, 0.3) is 0 Å². The van der Waals surface area contributed by atoms with Crippen LogP contribution in [0.15, 0.2) is 16.6 Å². The third-order valence-electron chi connectivity index (χ3n) is 2.72. The normalized spacial score (nSPS) is 11.1. The molecule has 0 saturated carbocycles. The minimum absolute atomic E-state index is 0.223. The van der Waals surface area contributed by atoms with Gasteiger partial charge in [-0.1, -0.05) is 11.8 Å². The Morgan fingerprint density at radius 3 is 2.80 bits per heavy atom. The maximum absolute atomic E-state index is 11.2. The van der Waals surface area contributed by atoms with Crippen molar-refractivity contribution in [2.24, 2.45) is 0 Å². The summed E-state index contributed by atoms with van der Waals surface area (Å²) in [7, 11) is 1.38. The first-order chi connectivity index (χ1) is 9.52. The molecule has 0 aliphatic rings. The molecule has 0 saturated heterocycles. The van der Waals surface area contributed by atoms with Crippen molar-refractivity contribution in [3.63, 3.8) is 0 Å². The summed E-state index contributed by atoms with van der Waals surface area (Å²) in [5.74, 6) is 0.822.